The predicted octanol–water partition coefficient (Wildman–Crippen LogP) is 2.02. The van der Waals surface area contributed by atoms with Crippen LogP contribution < -0.4 is 5.48 Å². The molecule has 3 atom stereocenters. The van der Waals surface area contributed by atoms with Crippen molar-refractivity contribution in [3.8, 4) is 0 Å². The van der Waals surface area contributed by atoms with E-state index < -0.39 is 33.9 Å². The Bertz CT molecular complexity index is 928. The molecule has 0 saturated carbocycles. The lowest BCUT2D eigenvalue weighted by Crippen LogP contribution is -2.44. The second kappa shape index (κ2) is 10.7. The van der Waals surface area contributed by atoms with E-state index in [1.165, 1.54) is 22.5 Å². The largest absolute Gasteiger partial charge is 0.481 e. The van der Waals surface area contributed by atoms with Crippen LogP contribution in [0.25, 0.3) is 0 Å². The average Bonchev–Trinajstić information content (AvgIpc) is 3.26. The first-order chi connectivity index (χ1) is 15.3. The number of hydrogen-bond donors (Lipinski definition) is 3. The van der Waals surface area contributed by atoms with Gasteiger partial charge in [0.2, 0.25) is 10.0 Å². The van der Waals surface area contributed by atoms with E-state index in [2.05, 4.69) is 0 Å². The van der Waals surface area contributed by atoms with E-state index in [0.717, 1.165) is 0 Å². The van der Waals surface area contributed by atoms with Gasteiger partial charge in [-0.3, -0.25) is 15.5 Å². The van der Waals surface area contributed by atoms with E-state index in [4.69, 9.17) is 4.74 Å². The third kappa shape index (κ3) is 5.30. The zero-order chi connectivity index (χ0) is 23.3. The highest BCUT2D eigenvalue weighted by atomic mass is 32.2. The third-order valence-corrected chi connectivity index (χ3v) is 8.57. The lowest BCUT2D eigenvalue weighted by molar-refractivity contribution is -0.143. The molecule has 1 amide bonds. The molecule has 12 heteroatoms. The van der Waals surface area contributed by atoms with Crippen LogP contribution in [0.4, 0.5) is 10.5 Å². The summed E-state index contributed by atoms with van der Waals surface area (Å²) in [5.41, 5.74) is 1.92. The number of carboxylic acids is 1. The number of thioether (sulfide) groups is 1. The van der Waals surface area contributed by atoms with Gasteiger partial charge in [-0.1, -0.05) is 12.1 Å². The first-order valence-electron chi connectivity index (χ1n) is 10.4. The maximum atomic E-state index is 13.2. The summed E-state index contributed by atoms with van der Waals surface area (Å²) in [6, 6.07) is 5.91. The van der Waals surface area contributed by atoms with Crippen LogP contribution in [0, 0.1) is 17.8 Å². The molecule has 3 N–H and O–H groups in total. The van der Waals surface area contributed by atoms with Gasteiger partial charge in [-0.2, -0.15) is 16.1 Å². The molecule has 32 heavy (non-hydrogen) atoms. The van der Waals surface area contributed by atoms with E-state index in [-0.39, 0.29) is 29.6 Å². The molecule has 0 aliphatic carbocycles. The maximum absolute atomic E-state index is 13.2. The number of para-hydroxylation sites is 1. The van der Waals surface area contributed by atoms with Crippen molar-refractivity contribution in [3.63, 3.8) is 0 Å². The van der Waals surface area contributed by atoms with Crippen LogP contribution in [0.1, 0.15) is 12.8 Å². The molecule has 178 valence electrons. The number of sulfonamides is 1. The number of hydrogen-bond acceptors (Lipinski definition) is 8. The van der Waals surface area contributed by atoms with Gasteiger partial charge in [-0.15, -0.1) is 0 Å². The van der Waals surface area contributed by atoms with Gasteiger partial charge >= 0.3 is 12.1 Å². The second-order valence-corrected chi connectivity index (χ2v) is 10.9. The molecule has 3 rings (SSSR count). The average molecular weight is 488 g/mol. The number of piperidine rings is 1. The summed E-state index contributed by atoms with van der Waals surface area (Å²) in [5.74, 6) is -1.82. The first-order valence-corrected chi connectivity index (χ1v) is 13.3. The number of aliphatic carboxylic acids is 1. The van der Waals surface area contributed by atoms with E-state index in [1.807, 2.05) is 11.7 Å². The smallest absolute Gasteiger partial charge is 0.409 e. The van der Waals surface area contributed by atoms with Gasteiger partial charge in [0.25, 0.3) is 0 Å². The molecule has 2 aliphatic rings. The van der Waals surface area contributed by atoms with Crippen LogP contribution in [-0.4, -0.2) is 84.8 Å². The lowest BCUT2D eigenvalue weighted by atomic mass is 9.79. The molecule has 3 unspecified atom stereocenters. The number of likely N-dealkylation sites (tertiary alicyclic amines) is 1. The number of anilines is 1. The fourth-order valence-electron chi connectivity index (χ4n) is 4.48. The Morgan fingerprint density at radius 1 is 1.25 bits per heavy atom. The Balaban J connectivity index is 1.77. The van der Waals surface area contributed by atoms with Crippen molar-refractivity contribution >= 4 is 39.5 Å². The van der Waals surface area contributed by atoms with E-state index in [1.54, 1.807) is 22.7 Å². The summed E-state index contributed by atoms with van der Waals surface area (Å²) in [6.07, 6.45) is 2.92. The molecule has 0 spiro atoms. The number of carbonyl (C=O) groups excluding carboxylic acids is 1. The highest BCUT2D eigenvalue weighted by Gasteiger charge is 2.47. The molecule has 2 saturated heterocycles. The number of amides is 1. The van der Waals surface area contributed by atoms with Crippen molar-refractivity contribution in [1.29, 1.82) is 0 Å². The quantitative estimate of drug-likeness (QED) is 0.371. The maximum Gasteiger partial charge on any atom is 0.409 e. The van der Waals surface area contributed by atoms with Crippen molar-refractivity contribution in [1.82, 2.24) is 9.21 Å². The minimum Gasteiger partial charge on any atom is -0.481 e. The van der Waals surface area contributed by atoms with Gasteiger partial charge in [0.15, 0.2) is 0 Å². The summed E-state index contributed by atoms with van der Waals surface area (Å²) in [7, 11) is -4.02. The molecule has 1 aromatic carbocycles. The monoisotopic (exact) mass is 487 g/mol. The minimum atomic E-state index is -4.02. The summed E-state index contributed by atoms with van der Waals surface area (Å²) in [6.45, 7) is 1.08. The molecule has 2 aliphatic heterocycles. The highest BCUT2D eigenvalue weighted by molar-refractivity contribution is 7.98. The molecule has 0 aromatic heterocycles. The van der Waals surface area contributed by atoms with Gasteiger partial charge < -0.3 is 14.7 Å². The molecule has 1 aromatic rings. The summed E-state index contributed by atoms with van der Waals surface area (Å²) >= 11 is 1.57. The first kappa shape index (κ1) is 24.6. The number of carbonyl (C=O) groups is 2. The molecule has 2 heterocycles. The molecule has 0 radical (unpaired) electrons. The fourth-order valence-corrected chi connectivity index (χ4v) is 6.37. The van der Waals surface area contributed by atoms with Crippen LogP contribution in [0.2, 0.25) is 0 Å². The van der Waals surface area contributed by atoms with Crippen molar-refractivity contribution in [2.45, 2.75) is 17.7 Å². The number of nitrogens with zero attached hydrogens (tertiary/aromatic N) is 2. The van der Waals surface area contributed by atoms with Gasteiger partial charge in [0.05, 0.1) is 11.6 Å². The Hall–Kier alpha value is -2.02. The summed E-state index contributed by atoms with van der Waals surface area (Å²) in [5, 5.41) is 19.1. The van der Waals surface area contributed by atoms with Crippen molar-refractivity contribution in [2.75, 3.05) is 50.3 Å². The van der Waals surface area contributed by atoms with Gasteiger partial charge in [0, 0.05) is 31.9 Å². The van der Waals surface area contributed by atoms with Crippen molar-refractivity contribution < 1.29 is 33.1 Å². The van der Waals surface area contributed by atoms with Crippen LogP contribution in [0.5, 0.6) is 0 Å². The predicted molar refractivity (Wildman–Crippen MR) is 119 cm³/mol. The number of carboxylic acid groups (broad SMARTS) is 1. The van der Waals surface area contributed by atoms with Crippen LogP contribution >= 0.6 is 11.8 Å². The van der Waals surface area contributed by atoms with Gasteiger partial charge in [-0.25, -0.2) is 13.2 Å². The number of nitrogens with one attached hydrogen (secondary N) is 1. The molecule has 0 bridgehead atoms. The third-order valence-electron chi connectivity index (χ3n) is 6.11. The Kier molecular flexibility index (Phi) is 8.26. The molecule has 10 nitrogen and oxygen atoms in total. The highest BCUT2D eigenvalue weighted by Crippen LogP contribution is 2.38. The minimum absolute atomic E-state index is 0.0275. The zero-order valence-electron chi connectivity index (χ0n) is 17.8. The van der Waals surface area contributed by atoms with Crippen molar-refractivity contribution in [3.05, 3.63) is 24.3 Å². The fraction of sp³-hybridized carbons (Fsp3) is 0.600. The van der Waals surface area contributed by atoms with Gasteiger partial charge in [0.1, 0.15) is 11.5 Å². The van der Waals surface area contributed by atoms with Crippen LogP contribution in [-0.2, 0) is 19.6 Å². The Labute approximate surface area is 191 Å². The normalized spacial score (nSPS) is 24.3. The second-order valence-electron chi connectivity index (χ2n) is 7.99. The summed E-state index contributed by atoms with van der Waals surface area (Å²) < 4.78 is 32.9. The van der Waals surface area contributed by atoms with E-state index >= 15 is 0 Å². The Morgan fingerprint density at radius 3 is 2.69 bits per heavy atom. The topological polar surface area (TPSA) is 136 Å². The van der Waals surface area contributed by atoms with Crippen LogP contribution in [0.15, 0.2) is 29.2 Å². The van der Waals surface area contributed by atoms with Crippen LogP contribution in [0.3, 0.4) is 0 Å². The van der Waals surface area contributed by atoms with Gasteiger partial charge in [-0.05, 0) is 43.1 Å². The molecular formula is C20H29N3O7S2. The molecular weight excluding hydrogens is 458 g/mol. The SMILES string of the molecule is CSCCOC(=O)N1CCCC(C2CN(S(=O)(=O)c3ccccc3NO)CC2C(=O)O)C1. The number of ether oxygens (including phenoxy) is 1. The summed E-state index contributed by atoms with van der Waals surface area (Å²) in [4.78, 5) is 25.8. The standard InChI is InChI=1S/C20H29N3O7S2/c1-31-10-9-30-20(26)22-8-4-5-14(11-22)15-12-23(13-16(15)19(24)25)32(28,29)18-7-3-2-6-17(18)21-27/h2-3,6-7,14-16,21,27H,4-5,8-13H2,1H3,(H,24,25). The number of rotatable bonds is 8. The lowest BCUT2D eigenvalue weighted by Gasteiger charge is -2.36. The molecule has 2 fully saturated rings. The number of benzene rings is 1. The van der Waals surface area contributed by atoms with Crippen molar-refractivity contribution in [2.24, 2.45) is 17.8 Å². The Morgan fingerprint density at radius 2 is 2.00 bits per heavy atom. The van der Waals surface area contributed by atoms with E-state index in [9.17, 15) is 28.3 Å². The van der Waals surface area contributed by atoms with E-state index in [0.29, 0.717) is 38.3 Å². The zero-order valence-corrected chi connectivity index (χ0v) is 19.5.